The molecule has 0 spiro atoms. The first-order chi connectivity index (χ1) is 8.81. The first-order valence-electron chi connectivity index (χ1n) is 6.55. The predicted molar refractivity (Wildman–Crippen MR) is 79.6 cm³/mol. The van der Waals surface area contributed by atoms with Crippen LogP contribution in [-0.4, -0.2) is 12.5 Å². The maximum Gasteiger partial charge on any atom is 0.251 e. The largest absolute Gasteiger partial charge is 0.352 e. The molecule has 19 heavy (non-hydrogen) atoms. The Labute approximate surface area is 122 Å². The Morgan fingerprint density at radius 1 is 1.21 bits per heavy atom. The monoisotopic (exact) mass is 329 g/mol. The van der Waals surface area contributed by atoms with Gasteiger partial charge in [0.05, 0.1) is 0 Å². The molecule has 0 aliphatic carbocycles. The number of carbonyl (C=O) groups is 1. The van der Waals surface area contributed by atoms with Crippen LogP contribution in [0, 0.1) is 23.6 Å². The van der Waals surface area contributed by atoms with Gasteiger partial charge < -0.3 is 5.32 Å². The summed E-state index contributed by atoms with van der Waals surface area (Å²) >= 11 is 3.19. The molecular weight excluding hydrogens is 309 g/mol. The molecule has 1 aromatic carbocycles. The highest BCUT2D eigenvalue weighted by Crippen LogP contribution is 2.20. The molecule has 0 fully saturated rings. The van der Waals surface area contributed by atoms with Crippen LogP contribution in [0.15, 0.2) is 22.7 Å². The second kappa shape index (κ2) is 7.04. The van der Waals surface area contributed by atoms with Crippen molar-refractivity contribution < 1.29 is 9.18 Å². The normalized spacial score (nSPS) is 11.4. The lowest BCUT2D eigenvalue weighted by Gasteiger charge is -2.25. The highest BCUT2D eigenvalue weighted by atomic mass is 79.9. The second-order valence-electron chi connectivity index (χ2n) is 5.52. The molecule has 2 nitrogen and oxygen atoms in total. The molecule has 0 bridgehead atoms. The third-order valence-corrected chi connectivity index (χ3v) is 3.79. The standard InChI is InChI=1S/C15H21BrFNO/c1-9(2)14(10(3)4)8-18-15(19)11-5-12(16)7-13(17)6-11/h5-7,9-10,14H,8H2,1-4H3,(H,18,19). The number of hydrogen-bond acceptors (Lipinski definition) is 1. The number of rotatable bonds is 5. The fraction of sp³-hybridized carbons (Fsp3) is 0.533. The Bertz CT molecular complexity index is 418. The van der Waals surface area contributed by atoms with Crippen molar-refractivity contribution in [1.82, 2.24) is 5.32 Å². The smallest absolute Gasteiger partial charge is 0.251 e. The molecule has 4 heteroatoms. The van der Waals surface area contributed by atoms with Gasteiger partial charge >= 0.3 is 0 Å². The fourth-order valence-electron chi connectivity index (χ4n) is 2.24. The van der Waals surface area contributed by atoms with E-state index in [0.717, 1.165) is 0 Å². The summed E-state index contributed by atoms with van der Waals surface area (Å²) in [5, 5.41) is 2.89. The van der Waals surface area contributed by atoms with Crippen LogP contribution in [0.5, 0.6) is 0 Å². The van der Waals surface area contributed by atoms with Gasteiger partial charge in [-0.05, 0) is 36.0 Å². The SMILES string of the molecule is CC(C)C(CNC(=O)c1cc(F)cc(Br)c1)C(C)C. The number of amides is 1. The molecular formula is C15H21BrFNO. The first kappa shape index (κ1) is 16.2. The summed E-state index contributed by atoms with van der Waals surface area (Å²) in [6.07, 6.45) is 0. The minimum Gasteiger partial charge on any atom is -0.352 e. The van der Waals surface area contributed by atoms with Crippen LogP contribution in [0.3, 0.4) is 0 Å². The molecule has 0 radical (unpaired) electrons. The lowest BCUT2D eigenvalue weighted by molar-refractivity contribution is 0.0936. The molecule has 1 rings (SSSR count). The van der Waals surface area contributed by atoms with E-state index in [0.29, 0.717) is 34.3 Å². The van der Waals surface area contributed by atoms with Crippen LogP contribution in [0.1, 0.15) is 38.1 Å². The van der Waals surface area contributed by atoms with Crippen LogP contribution in [0.2, 0.25) is 0 Å². The molecule has 0 aliphatic rings. The van der Waals surface area contributed by atoms with Crippen molar-refractivity contribution in [3.8, 4) is 0 Å². The van der Waals surface area contributed by atoms with E-state index in [4.69, 9.17) is 0 Å². The topological polar surface area (TPSA) is 29.1 Å². The van der Waals surface area contributed by atoms with E-state index in [9.17, 15) is 9.18 Å². The summed E-state index contributed by atoms with van der Waals surface area (Å²) in [5.74, 6) is 0.773. The summed E-state index contributed by atoms with van der Waals surface area (Å²) < 4.78 is 13.8. The summed E-state index contributed by atoms with van der Waals surface area (Å²) in [6, 6.07) is 4.21. The van der Waals surface area contributed by atoms with Gasteiger partial charge in [0.2, 0.25) is 0 Å². The van der Waals surface area contributed by atoms with Gasteiger partial charge in [-0.25, -0.2) is 4.39 Å². The van der Waals surface area contributed by atoms with Gasteiger partial charge in [0.25, 0.3) is 5.91 Å². The van der Waals surface area contributed by atoms with E-state index < -0.39 is 5.82 Å². The highest BCUT2D eigenvalue weighted by molar-refractivity contribution is 9.10. The Balaban J connectivity index is 2.69. The molecule has 0 aromatic heterocycles. The summed E-state index contributed by atoms with van der Waals surface area (Å²) in [4.78, 5) is 12.0. The quantitative estimate of drug-likeness (QED) is 0.859. The average molecular weight is 330 g/mol. The number of carbonyl (C=O) groups excluding carboxylic acids is 1. The number of nitrogens with one attached hydrogen (secondary N) is 1. The van der Waals surface area contributed by atoms with Crippen molar-refractivity contribution in [2.45, 2.75) is 27.7 Å². The van der Waals surface area contributed by atoms with E-state index >= 15 is 0 Å². The zero-order valence-corrected chi connectivity index (χ0v) is 13.4. The van der Waals surface area contributed by atoms with Gasteiger partial charge in [-0.15, -0.1) is 0 Å². The van der Waals surface area contributed by atoms with Gasteiger partial charge in [0.15, 0.2) is 0 Å². The van der Waals surface area contributed by atoms with Crippen molar-refractivity contribution >= 4 is 21.8 Å². The minimum absolute atomic E-state index is 0.230. The number of hydrogen-bond donors (Lipinski definition) is 1. The maximum atomic E-state index is 13.2. The summed E-state index contributed by atoms with van der Waals surface area (Å²) in [5.41, 5.74) is 0.345. The highest BCUT2D eigenvalue weighted by Gasteiger charge is 2.18. The average Bonchev–Trinajstić information content (AvgIpc) is 2.26. The molecule has 1 amide bonds. The van der Waals surface area contributed by atoms with Gasteiger partial charge in [0, 0.05) is 16.6 Å². The molecule has 0 aliphatic heterocycles. The molecule has 0 saturated heterocycles. The third kappa shape index (κ3) is 4.94. The van der Waals surface area contributed by atoms with Gasteiger partial charge in [0.1, 0.15) is 5.82 Å². The Morgan fingerprint density at radius 2 is 1.79 bits per heavy atom. The number of halogens is 2. The van der Waals surface area contributed by atoms with Crippen LogP contribution in [-0.2, 0) is 0 Å². The molecule has 0 atom stereocenters. The lowest BCUT2D eigenvalue weighted by Crippen LogP contribution is -2.34. The second-order valence-corrected chi connectivity index (χ2v) is 6.44. The van der Waals surface area contributed by atoms with Crippen LogP contribution >= 0.6 is 15.9 Å². The van der Waals surface area contributed by atoms with Crippen LogP contribution < -0.4 is 5.32 Å². The van der Waals surface area contributed by atoms with Gasteiger partial charge in [-0.1, -0.05) is 43.6 Å². The molecule has 0 heterocycles. The Kier molecular flexibility index (Phi) is 5.98. The first-order valence-corrected chi connectivity index (χ1v) is 7.35. The summed E-state index contributed by atoms with van der Waals surface area (Å²) in [7, 11) is 0. The van der Waals surface area contributed by atoms with E-state index in [2.05, 4.69) is 48.9 Å². The van der Waals surface area contributed by atoms with Crippen molar-refractivity contribution in [3.63, 3.8) is 0 Å². The van der Waals surface area contributed by atoms with Gasteiger partial charge in [-0.3, -0.25) is 4.79 Å². The van der Waals surface area contributed by atoms with E-state index in [1.165, 1.54) is 12.1 Å². The number of benzene rings is 1. The third-order valence-electron chi connectivity index (χ3n) is 3.34. The molecule has 1 N–H and O–H groups in total. The molecule has 1 aromatic rings. The van der Waals surface area contributed by atoms with Crippen molar-refractivity contribution in [1.29, 1.82) is 0 Å². The van der Waals surface area contributed by atoms with Crippen molar-refractivity contribution in [3.05, 3.63) is 34.1 Å². The van der Waals surface area contributed by atoms with E-state index in [1.54, 1.807) is 6.07 Å². The zero-order valence-electron chi connectivity index (χ0n) is 11.8. The minimum atomic E-state index is -0.413. The van der Waals surface area contributed by atoms with Crippen LogP contribution in [0.25, 0.3) is 0 Å². The fourth-order valence-corrected chi connectivity index (χ4v) is 2.70. The summed E-state index contributed by atoms with van der Waals surface area (Å²) in [6.45, 7) is 9.21. The van der Waals surface area contributed by atoms with Crippen molar-refractivity contribution in [2.24, 2.45) is 17.8 Å². The lowest BCUT2D eigenvalue weighted by atomic mass is 9.85. The zero-order chi connectivity index (χ0) is 14.6. The van der Waals surface area contributed by atoms with Crippen molar-refractivity contribution in [2.75, 3.05) is 6.54 Å². The van der Waals surface area contributed by atoms with Gasteiger partial charge in [-0.2, -0.15) is 0 Å². The van der Waals surface area contributed by atoms with Crippen LogP contribution in [0.4, 0.5) is 4.39 Å². The molecule has 0 unspecified atom stereocenters. The molecule has 106 valence electrons. The predicted octanol–water partition coefficient (Wildman–Crippen LogP) is 4.25. The van der Waals surface area contributed by atoms with E-state index in [-0.39, 0.29) is 5.91 Å². The van der Waals surface area contributed by atoms with E-state index in [1.807, 2.05) is 0 Å². The Hall–Kier alpha value is -0.900. The maximum absolute atomic E-state index is 13.2. The molecule has 0 saturated carbocycles. The Morgan fingerprint density at radius 3 is 2.26 bits per heavy atom.